The summed E-state index contributed by atoms with van der Waals surface area (Å²) >= 11 is 0. The minimum Gasteiger partial charge on any atom is -0.388 e. The van der Waals surface area contributed by atoms with Gasteiger partial charge in [0.15, 0.2) is 5.82 Å². The molecular formula is C16H20FN3O2. The predicted molar refractivity (Wildman–Crippen MR) is 78.4 cm³/mol. The van der Waals surface area contributed by atoms with Crippen LogP contribution in [0.1, 0.15) is 36.2 Å². The van der Waals surface area contributed by atoms with Crippen LogP contribution in [0.3, 0.4) is 0 Å². The van der Waals surface area contributed by atoms with E-state index in [1.807, 2.05) is 0 Å². The Balaban J connectivity index is 1.53. The van der Waals surface area contributed by atoms with Gasteiger partial charge in [-0.05, 0) is 49.5 Å². The summed E-state index contributed by atoms with van der Waals surface area (Å²) < 4.78 is 17.9. The van der Waals surface area contributed by atoms with Gasteiger partial charge in [0.2, 0.25) is 5.89 Å². The predicted octanol–water partition coefficient (Wildman–Crippen LogP) is 2.46. The number of piperidine rings is 1. The summed E-state index contributed by atoms with van der Waals surface area (Å²) in [6.45, 7) is 4.23. The molecule has 0 aliphatic carbocycles. The fraction of sp³-hybridized carbons (Fsp3) is 0.500. The van der Waals surface area contributed by atoms with Gasteiger partial charge in [-0.15, -0.1) is 0 Å². The summed E-state index contributed by atoms with van der Waals surface area (Å²) in [7, 11) is 0. The Morgan fingerprint density at radius 1 is 1.32 bits per heavy atom. The van der Waals surface area contributed by atoms with Gasteiger partial charge in [-0.2, -0.15) is 4.98 Å². The molecule has 2 heterocycles. The molecule has 22 heavy (non-hydrogen) atoms. The van der Waals surface area contributed by atoms with E-state index in [1.54, 1.807) is 19.1 Å². The van der Waals surface area contributed by atoms with E-state index in [4.69, 9.17) is 4.52 Å². The van der Waals surface area contributed by atoms with Crippen LogP contribution in [-0.2, 0) is 6.54 Å². The highest BCUT2D eigenvalue weighted by molar-refractivity contribution is 5.19. The van der Waals surface area contributed by atoms with Crippen LogP contribution in [0.5, 0.6) is 0 Å². The van der Waals surface area contributed by atoms with Crippen molar-refractivity contribution >= 4 is 0 Å². The molecule has 1 aliphatic rings. The van der Waals surface area contributed by atoms with E-state index in [1.165, 1.54) is 12.1 Å². The summed E-state index contributed by atoms with van der Waals surface area (Å²) in [4.78, 5) is 6.47. The van der Waals surface area contributed by atoms with Gasteiger partial charge in [0, 0.05) is 6.92 Å². The normalized spacial score (nSPS) is 18.5. The second-order valence-corrected chi connectivity index (χ2v) is 5.84. The molecule has 2 aromatic rings. The van der Waals surface area contributed by atoms with Crippen molar-refractivity contribution in [2.45, 2.75) is 32.4 Å². The molecule has 5 nitrogen and oxygen atoms in total. The zero-order chi connectivity index (χ0) is 15.5. The zero-order valence-electron chi connectivity index (χ0n) is 12.6. The Kier molecular flexibility index (Phi) is 4.49. The summed E-state index contributed by atoms with van der Waals surface area (Å²) in [6.07, 6.45) is 1.26. The van der Waals surface area contributed by atoms with E-state index in [9.17, 15) is 9.50 Å². The maximum atomic E-state index is 12.9. The van der Waals surface area contributed by atoms with E-state index >= 15 is 0 Å². The molecule has 3 rings (SSSR count). The van der Waals surface area contributed by atoms with Crippen molar-refractivity contribution in [3.63, 3.8) is 0 Å². The highest BCUT2D eigenvalue weighted by Gasteiger charge is 2.26. The van der Waals surface area contributed by atoms with E-state index in [2.05, 4.69) is 15.0 Å². The average Bonchev–Trinajstić information content (AvgIpc) is 2.93. The Morgan fingerprint density at radius 3 is 2.59 bits per heavy atom. The molecule has 0 saturated carbocycles. The molecule has 1 fully saturated rings. The van der Waals surface area contributed by atoms with Gasteiger partial charge in [0.25, 0.3) is 0 Å². The molecule has 1 saturated heterocycles. The number of rotatable bonds is 4. The Morgan fingerprint density at radius 2 is 2.00 bits per heavy atom. The third-order valence-corrected chi connectivity index (χ3v) is 4.22. The van der Waals surface area contributed by atoms with Crippen LogP contribution in [0.4, 0.5) is 4.39 Å². The number of nitrogens with zero attached hydrogens (tertiary/aromatic N) is 3. The third kappa shape index (κ3) is 3.51. The first-order valence-electron chi connectivity index (χ1n) is 7.57. The van der Waals surface area contributed by atoms with E-state index in [0.717, 1.165) is 31.5 Å². The Labute approximate surface area is 128 Å². The fourth-order valence-electron chi connectivity index (χ4n) is 2.96. The minimum absolute atomic E-state index is 0.203. The summed E-state index contributed by atoms with van der Waals surface area (Å²) in [6, 6.07) is 6.11. The molecule has 1 aromatic carbocycles. The maximum absolute atomic E-state index is 12.9. The maximum Gasteiger partial charge on any atom is 0.223 e. The lowest BCUT2D eigenvalue weighted by Gasteiger charge is -2.33. The van der Waals surface area contributed by atoms with Gasteiger partial charge >= 0.3 is 0 Å². The molecule has 6 heteroatoms. The number of likely N-dealkylation sites (tertiary alicyclic amines) is 1. The standard InChI is InChI=1S/C16H20FN3O2/c1-11-18-15(19-22-11)10-20-8-6-13(7-9-20)16(21)12-2-4-14(17)5-3-12/h2-5,13,16,21H,6-10H2,1H3. The first kappa shape index (κ1) is 15.1. The summed E-state index contributed by atoms with van der Waals surface area (Å²) in [5, 5.41) is 14.3. The van der Waals surface area contributed by atoms with Gasteiger partial charge in [-0.1, -0.05) is 17.3 Å². The van der Waals surface area contributed by atoms with Crippen molar-refractivity contribution in [2.24, 2.45) is 5.92 Å². The molecule has 1 aromatic heterocycles. The molecule has 1 N–H and O–H groups in total. The van der Waals surface area contributed by atoms with Crippen LogP contribution in [0, 0.1) is 18.7 Å². The summed E-state index contributed by atoms with van der Waals surface area (Å²) in [5.41, 5.74) is 0.786. The number of benzene rings is 1. The van der Waals surface area contributed by atoms with Crippen molar-refractivity contribution in [1.82, 2.24) is 15.0 Å². The van der Waals surface area contributed by atoms with Crippen molar-refractivity contribution in [3.05, 3.63) is 47.4 Å². The van der Waals surface area contributed by atoms with Crippen LogP contribution >= 0.6 is 0 Å². The van der Waals surface area contributed by atoms with Crippen LogP contribution in [0.15, 0.2) is 28.8 Å². The molecule has 0 amide bonds. The number of hydrogen-bond donors (Lipinski definition) is 1. The van der Waals surface area contributed by atoms with E-state index in [0.29, 0.717) is 18.3 Å². The third-order valence-electron chi connectivity index (χ3n) is 4.22. The number of halogens is 1. The lowest BCUT2D eigenvalue weighted by atomic mass is 9.87. The Bertz CT molecular complexity index is 606. The monoisotopic (exact) mass is 305 g/mol. The van der Waals surface area contributed by atoms with E-state index in [-0.39, 0.29) is 11.7 Å². The quantitative estimate of drug-likeness (QED) is 0.940. The van der Waals surface area contributed by atoms with Gasteiger partial charge in [0.05, 0.1) is 12.6 Å². The first-order valence-corrected chi connectivity index (χ1v) is 7.57. The van der Waals surface area contributed by atoms with Gasteiger partial charge in [-0.3, -0.25) is 4.90 Å². The number of aliphatic hydroxyl groups excluding tert-OH is 1. The fourth-order valence-corrected chi connectivity index (χ4v) is 2.96. The topological polar surface area (TPSA) is 62.4 Å². The molecule has 1 atom stereocenters. The molecule has 1 unspecified atom stereocenters. The lowest BCUT2D eigenvalue weighted by Crippen LogP contribution is -2.35. The summed E-state index contributed by atoms with van der Waals surface area (Å²) in [5.74, 6) is 1.21. The highest BCUT2D eigenvalue weighted by Crippen LogP contribution is 2.31. The zero-order valence-corrected chi connectivity index (χ0v) is 12.6. The van der Waals surface area contributed by atoms with Crippen molar-refractivity contribution in [2.75, 3.05) is 13.1 Å². The molecule has 1 aliphatic heterocycles. The van der Waals surface area contributed by atoms with Gasteiger partial charge < -0.3 is 9.63 Å². The minimum atomic E-state index is -0.532. The molecule has 118 valence electrons. The average molecular weight is 305 g/mol. The molecule has 0 bridgehead atoms. The van der Waals surface area contributed by atoms with Crippen LogP contribution in [0.2, 0.25) is 0 Å². The largest absolute Gasteiger partial charge is 0.388 e. The lowest BCUT2D eigenvalue weighted by molar-refractivity contribution is 0.0558. The second kappa shape index (κ2) is 6.54. The van der Waals surface area contributed by atoms with Crippen LogP contribution in [0.25, 0.3) is 0 Å². The van der Waals surface area contributed by atoms with Crippen molar-refractivity contribution in [3.8, 4) is 0 Å². The molecular weight excluding hydrogens is 285 g/mol. The van der Waals surface area contributed by atoms with E-state index < -0.39 is 6.10 Å². The van der Waals surface area contributed by atoms with Gasteiger partial charge in [0.1, 0.15) is 5.82 Å². The number of aliphatic hydroxyl groups is 1. The molecule has 0 spiro atoms. The number of aryl methyl sites for hydroxylation is 1. The van der Waals surface area contributed by atoms with Crippen molar-refractivity contribution < 1.29 is 14.0 Å². The molecule has 0 radical (unpaired) electrons. The number of hydrogen-bond acceptors (Lipinski definition) is 5. The van der Waals surface area contributed by atoms with Gasteiger partial charge in [-0.25, -0.2) is 4.39 Å². The first-order chi connectivity index (χ1) is 10.6. The van der Waals surface area contributed by atoms with Crippen LogP contribution < -0.4 is 0 Å². The van der Waals surface area contributed by atoms with Crippen molar-refractivity contribution in [1.29, 1.82) is 0 Å². The highest BCUT2D eigenvalue weighted by atomic mass is 19.1. The SMILES string of the molecule is Cc1nc(CN2CCC(C(O)c3ccc(F)cc3)CC2)no1. The smallest absolute Gasteiger partial charge is 0.223 e. The second-order valence-electron chi connectivity index (χ2n) is 5.84. The number of aromatic nitrogens is 2. The van der Waals surface area contributed by atoms with Crippen LogP contribution in [-0.4, -0.2) is 33.2 Å². The Hall–Kier alpha value is -1.79.